The summed E-state index contributed by atoms with van der Waals surface area (Å²) in [5, 5.41) is 0. The van der Waals surface area contributed by atoms with E-state index in [1.807, 2.05) is 0 Å². The lowest BCUT2D eigenvalue weighted by atomic mass is 10.0. The third kappa shape index (κ3) is 84.3. The van der Waals surface area contributed by atoms with Crippen LogP contribution in [-0.4, -0.2) is 31.7 Å². The summed E-state index contributed by atoms with van der Waals surface area (Å²) in [6.45, 7) is 7.41. The molecule has 0 heterocycles. The molecule has 0 N–H and O–H groups in total. The second-order valence-electron chi connectivity index (χ2n) is 31.0. The largest absolute Gasteiger partial charge is 1.00 e. The monoisotopic (exact) mass is 1260 g/mol. The number of hydrogen-bond acceptors (Lipinski definition) is 0. The second-order valence-corrected chi connectivity index (χ2v) is 31.0. The van der Waals surface area contributed by atoms with Crippen molar-refractivity contribution in [1.82, 2.24) is 0 Å². The van der Waals surface area contributed by atoms with Crippen molar-refractivity contribution in [3.8, 4) is 0 Å². The normalized spacial score (nSPS) is 11.9. The minimum atomic E-state index is 0. The van der Waals surface area contributed by atoms with E-state index in [4.69, 9.17) is 0 Å². The lowest BCUT2D eigenvalue weighted by molar-refractivity contribution is -0.890. The number of nitrogens with zero attached hydrogens (tertiary/aromatic N) is 1. The fourth-order valence-corrected chi connectivity index (χ4v) is 14.8. The Bertz CT molecular complexity index is 1060. The molecule has 0 amide bonds. The number of unbranched alkanes of at least 4 members (excludes halogenated alkanes) is 78. The number of quaternary nitrogens is 1. The van der Waals surface area contributed by atoms with Crippen LogP contribution in [0.5, 0.6) is 0 Å². The summed E-state index contributed by atoms with van der Waals surface area (Å²) in [4.78, 5) is 0. The van der Waals surface area contributed by atoms with E-state index in [1.54, 1.807) is 0 Å². The van der Waals surface area contributed by atoms with Crippen LogP contribution in [-0.2, 0) is 0 Å². The van der Waals surface area contributed by atoms with Crippen LogP contribution in [0.25, 0.3) is 0 Å². The molecule has 0 fully saturated rings. The number of hydrogen-bond donors (Lipinski definition) is 0. The molecular formula is C86H176ClN. The second kappa shape index (κ2) is 83.3. The lowest BCUT2D eigenvalue weighted by Crippen LogP contribution is -3.00. The molecule has 532 valence electrons. The van der Waals surface area contributed by atoms with Crippen LogP contribution in [0.15, 0.2) is 0 Å². The summed E-state index contributed by atoms with van der Waals surface area (Å²) < 4.78 is 1.25. The van der Waals surface area contributed by atoms with Gasteiger partial charge in [-0.25, -0.2) is 0 Å². The Morgan fingerprint density at radius 1 is 0.114 bits per heavy atom. The van der Waals surface area contributed by atoms with Gasteiger partial charge in [0, 0.05) is 0 Å². The topological polar surface area (TPSA) is 0 Å². The highest BCUT2D eigenvalue weighted by Gasteiger charge is 2.14. The maximum Gasteiger partial charge on any atom is 0.0782 e. The van der Waals surface area contributed by atoms with Crippen molar-refractivity contribution in [2.75, 3.05) is 27.2 Å². The number of halogens is 1. The molecule has 0 aliphatic heterocycles. The fourth-order valence-electron chi connectivity index (χ4n) is 14.8. The molecule has 0 saturated carbocycles. The zero-order valence-corrected chi connectivity index (χ0v) is 63.6. The van der Waals surface area contributed by atoms with Crippen molar-refractivity contribution in [2.24, 2.45) is 0 Å². The molecular weight excluding hydrogens is 1080 g/mol. The molecule has 1 nitrogen and oxygen atoms in total. The maximum atomic E-state index is 2.50. The molecule has 0 unspecified atom stereocenters. The molecule has 0 atom stereocenters. The summed E-state index contributed by atoms with van der Waals surface area (Å²) in [6.07, 6.45) is 119. The van der Waals surface area contributed by atoms with Crippen molar-refractivity contribution in [3.63, 3.8) is 0 Å². The summed E-state index contributed by atoms with van der Waals surface area (Å²) in [7, 11) is 4.99. The van der Waals surface area contributed by atoms with Crippen molar-refractivity contribution < 1.29 is 16.9 Å². The van der Waals surface area contributed by atoms with Gasteiger partial charge < -0.3 is 16.9 Å². The first kappa shape index (κ1) is 90.3. The average molecular weight is 1260 g/mol. The Kier molecular flexibility index (Phi) is 85.5. The zero-order chi connectivity index (χ0) is 62.5. The molecule has 0 aromatic heterocycles. The van der Waals surface area contributed by atoms with E-state index < -0.39 is 0 Å². The van der Waals surface area contributed by atoms with E-state index in [9.17, 15) is 0 Å². The Morgan fingerprint density at radius 3 is 0.261 bits per heavy atom. The van der Waals surface area contributed by atoms with Gasteiger partial charge in [-0.05, 0) is 25.7 Å². The van der Waals surface area contributed by atoms with Gasteiger partial charge in [-0.3, -0.25) is 0 Å². The van der Waals surface area contributed by atoms with Crippen molar-refractivity contribution in [2.45, 2.75) is 528 Å². The van der Waals surface area contributed by atoms with Gasteiger partial charge in [-0.2, -0.15) is 0 Å². The first-order chi connectivity index (χ1) is 43.1. The van der Waals surface area contributed by atoms with Gasteiger partial charge in [0.1, 0.15) is 0 Å². The van der Waals surface area contributed by atoms with Crippen LogP contribution in [0.4, 0.5) is 0 Å². The zero-order valence-electron chi connectivity index (χ0n) is 62.8. The van der Waals surface area contributed by atoms with Crippen LogP contribution in [0.3, 0.4) is 0 Å². The van der Waals surface area contributed by atoms with Crippen LogP contribution in [0, 0.1) is 0 Å². The summed E-state index contributed by atoms with van der Waals surface area (Å²) >= 11 is 0. The molecule has 0 saturated heterocycles. The Hall–Kier alpha value is 0.250. The van der Waals surface area contributed by atoms with Gasteiger partial charge in [0.15, 0.2) is 0 Å². The molecule has 0 aromatic rings. The van der Waals surface area contributed by atoms with Gasteiger partial charge in [-0.1, -0.05) is 502 Å². The molecule has 2 heteroatoms. The molecule has 88 heavy (non-hydrogen) atoms. The molecule has 0 aliphatic rings. The van der Waals surface area contributed by atoms with Crippen LogP contribution in [0.1, 0.15) is 528 Å². The standard InChI is InChI=1S/C86H176N.ClH/c1-5-7-9-11-13-15-17-19-21-23-25-27-29-31-33-35-37-39-41-43-45-47-49-51-53-55-57-59-61-63-65-67-69-71-73-75-77-79-81-83-85-87(3,4)86-84-82-80-78-76-74-72-70-68-66-64-62-60-58-56-54-52-50-48-46-44-42-40-38-36-34-32-30-28-26-24-22-20-18-16-14-12-10-8-6-2;/h5-86H2,1-4H3;1H/q+1;/p-1. The smallest absolute Gasteiger partial charge is 0.0782 e. The Labute approximate surface area is 568 Å². The Morgan fingerprint density at radius 2 is 0.182 bits per heavy atom. The Balaban J connectivity index is 0. The average Bonchev–Trinajstić information content (AvgIpc) is 3.56. The minimum Gasteiger partial charge on any atom is -1.00 e. The van der Waals surface area contributed by atoms with Gasteiger partial charge in [-0.15, -0.1) is 0 Å². The van der Waals surface area contributed by atoms with Crippen molar-refractivity contribution >= 4 is 0 Å². The molecule has 0 radical (unpaired) electrons. The fraction of sp³-hybridized carbons (Fsp3) is 1.00. The van der Waals surface area contributed by atoms with E-state index >= 15 is 0 Å². The third-order valence-electron chi connectivity index (χ3n) is 21.2. The minimum absolute atomic E-state index is 0. The van der Waals surface area contributed by atoms with Gasteiger partial charge >= 0.3 is 0 Å². The predicted octanol–water partition coefficient (Wildman–Crippen LogP) is 29.3. The van der Waals surface area contributed by atoms with Crippen LogP contribution >= 0.6 is 0 Å². The highest BCUT2D eigenvalue weighted by atomic mass is 35.5. The van der Waals surface area contributed by atoms with Crippen LogP contribution in [0.2, 0.25) is 0 Å². The third-order valence-corrected chi connectivity index (χ3v) is 21.2. The maximum absolute atomic E-state index is 2.50. The van der Waals surface area contributed by atoms with E-state index in [2.05, 4.69) is 27.9 Å². The summed E-state index contributed by atoms with van der Waals surface area (Å²) in [5.41, 5.74) is 0. The van der Waals surface area contributed by atoms with Gasteiger partial charge in [0.05, 0.1) is 27.2 Å². The highest BCUT2D eigenvalue weighted by Crippen LogP contribution is 2.22. The van der Waals surface area contributed by atoms with E-state index in [-0.39, 0.29) is 12.4 Å². The molecule has 0 aliphatic carbocycles. The van der Waals surface area contributed by atoms with Crippen molar-refractivity contribution in [1.29, 1.82) is 0 Å². The first-order valence-electron chi connectivity index (χ1n) is 42.9. The molecule has 0 aromatic carbocycles. The predicted molar refractivity (Wildman–Crippen MR) is 403 cm³/mol. The van der Waals surface area contributed by atoms with E-state index in [0.29, 0.717) is 0 Å². The number of rotatable bonds is 82. The lowest BCUT2D eigenvalue weighted by Gasteiger charge is -2.30. The SMILES string of the molecule is CCCCCCCCCCCCCCCCCCCCCCCCCCCCCCCCCCCCCCCCCC[N+](C)(C)CCCCCCCCCCCCCCCCCCCCCCCCCCCCCCCCCCCCCCCCCC.[Cl-]. The van der Waals surface area contributed by atoms with E-state index in [0.717, 1.165) is 0 Å². The van der Waals surface area contributed by atoms with Crippen LogP contribution < -0.4 is 12.4 Å². The van der Waals surface area contributed by atoms with E-state index in [1.165, 1.54) is 531 Å². The van der Waals surface area contributed by atoms with Crippen molar-refractivity contribution in [3.05, 3.63) is 0 Å². The summed E-state index contributed by atoms with van der Waals surface area (Å²) in [6, 6.07) is 0. The first-order valence-corrected chi connectivity index (χ1v) is 42.9. The quantitative estimate of drug-likeness (QED) is 0.0421. The highest BCUT2D eigenvalue weighted by molar-refractivity contribution is 4.58. The van der Waals surface area contributed by atoms with Gasteiger partial charge in [0.25, 0.3) is 0 Å². The molecule has 0 bridgehead atoms. The molecule has 0 rings (SSSR count). The van der Waals surface area contributed by atoms with Gasteiger partial charge in [0.2, 0.25) is 0 Å². The summed E-state index contributed by atoms with van der Waals surface area (Å²) in [5.74, 6) is 0. The molecule has 0 spiro atoms.